The van der Waals surface area contributed by atoms with Gasteiger partial charge in [-0.3, -0.25) is 14.1 Å². The van der Waals surface area contributed by atoms with E-state index in [9.17, 15) is 9.59 Å². The number of aromatic nitrogens is 3. The number of hydrogen-bond acceptors (Lipinski definition) is 5. The summed E-state index contributed by atoms with van der Waals surface area (Å²) in [6.45, 7) is 9.56. The second kappa shape index (κ2) is 9.34. The minimum atomic E-state index is -0.160. The van der Waals surface area contributed by atoms with Gasteiger partial charge in [0.25, 0.3) is 5.91 Å². The number of rotatable bonds is 7. The maximum absolute atomic E-state index is 12.4. The molecule has 31 heavy (non-hydrogen) atoms. The molecule has 1 fully saturated rings. The van der Waals surface area contributed by atoms with Crippen LogP contribution < -0.4 is 15.9 Å². The van der Waals surface area contributed by atoms with Gasteiger partial charge in [0.05, 0.1) is 0 Å². The molecule has 1 saturated heterocycles. The average molecular weight is 423 g/mol. The topological polar surface area (TPSA) is 74.9 Å². The van der Waals surface area contributed by atoms with Gasteiger partial charge in [0.15, 0.2) is 5.65 Å². The summed E-state index contributed by atoms with van der Waals surface area (Å²) >= 11 is 0. The smallest absolute Gasteiger partial charge is 0.350 e. The highest BCUT2D eigenvalue weighted by Crippen LogP contribution is 2.18. The predicted octanol–water partition coefficient (Wildman–Crippen LogP) is 1.85. The first kappa shape index (κ1) is 21.1. The van der Waals surface area contributed by atoms with Gasteiger partial charge in [-0.05, 0) is 56.7 Å². The Morgan fingerprint density at radius 2 is 1.81 bits per heavy atom. The van der Waals surface area contributed by atoms with Gasteiger partial charge in [-0.2, -0.15) is 0 Å². The van der Waals surface area contributed by atoms with E-state index in [-0.39, 0.29) is 11.6 Å². The van der Waals surface area contributed by atoms with Gasteiger partial charge in [0, 0.05) is 62.8 Å². The summed E-state index contributed by atoms with van der Waals surface area (Å²) in [5.74, 6) is -0.0986. The van der Waals surface area contributed by atoms with E-state index >= 15 is 0 Å². The molecule has 1 aromatic carbocycles. The van der Waals surface area contributed by atoms with E-state index in [4.69, 9.17) is 0 Å². The highest BCUT2D eigenvalue weighted by atomic mass is 16.2. The molecule has 1 N–H and O–H groups in total. The van der Waals surface area contributed by atoms with E-state index in [0.717, 1.165) is 31.9 Å². The van der Waals surface area contributed by atoms with Crippen LogP contribution >= 0.6 is 0 Å². The fourth-order valence-electron chi connectivity index (χ4n) is 3.97. The molecule has 1 aliphatic rings. The van der Waals surface area contributed by atoms with E-state index in [2.05, 4.69) is 34.1 Å². The van der Waals surface area contributed by atoms with Gasteiger partial charge in [-0.1, -0.05) is 6.07 Å². The molecule has 0 aliphatic carbocycles. The molecule has 0 atom stereocenters. The molecule has 3 aromatic rings. The summed E-state index contributed by atoms with van der Waals surface area (Å²) in [6, 6.07) is 13.8. The third-order valence-corrected chi connectivity index (χ3v) is 5.86. The maximum Gasteiger partial charge on any atom is 0.350 e. The quantitative estimate of drug-likeness (QED) is 0.588. The lowest BCUT2D eigenvalue weighted by Crippen LogP contribution is -2.48. The standard InChI is InChI=1S/C23H30N6O2/c1-18(2)26-14-16-27(17-15-26)20-9-7-19(8-10-20)22(30)24-11-5-13-29-23(31)28-12-4-3-6-21(28)25-29/h3-4,6-10,12,18H,5,11,13-17H2,1-2H3,(H,24,30). The van der Waals surface area contributed by atoms with Crippen LogP contribution in [0.3, 0.4) is 0 Å². The number of aryl methyl sites for hydroxylation is 1. The number of benzene rings is 1. The largest absolute Gasteiger partial charge is 0.369 e. The van der Waals surface area contributed by atoms with Crippen molar-refractivity contribution in [1.82, 2.24) is 24.4 Å². The summed E-state index contributed by atoms with van der Waals surface area (Å²) in [5.41, 5.74) is 2.27. The zero-order chi connectivity index (χ0) is 21.8. The second-order valence-electron chi connectivity index (χ2n) is 8.21. The molecule has 1 aliphatic heterocycles. The molecule has 8 nitrogen and oxygen atoms in total. The van der Waals surface area contributed by atoms with Crippen LogP contribution in [0.1, 0.15) is 30.6 Å². The van der Waals surface area contributed by atoms with Gasteiger partial charge in [-0.15, -0.1) is 5.10 Å². The zero-order valence-corrected chi connectivity index (χ0v) is 18.2. The van der Waals surface area contributed by atoms with Gasteiger partial charge in [0.1, 0.15) is 0 Å². The second-order valence-corrected chi connectivity index (χ2v) is 8.21. The van der Waals surface area contributed by atoms with Crippen LogP contribution in [-0.2, 0) is 6.54 Å². The highest BCUT2D eigenvalue weighted by molar-refractivity contribution is 5.94. The molecule has 0 saturated carbocycles. The van der Waals surface area contributed by atoms with Crippen molar-refractivity contribution >= 4 is 17.2 Å². The molecule has 0 spiro atoms. The van der Waals surface area contributed by atoms with Crippen molar-refractivity contribution in [3.8, 4) is 0 Å². The molecular formula is C23H30N6O2. The number of carbonyl (C=O) groups is 1. The minimum Gasteiger partial charge on any atom is -0.369 e. The molecule has 4 rings (SSSR count). The first-order valence-corrected chi connectivity index (χ1v) is 10.9. The normalized spacial score (nSPS) is 15.0. The Kier molecular flexibility index (Phi) is 6.36. The number of pyridine rings is 1. The lowest BCUT2D eigenvalue weighted by Gasteiger charge is -2.38. The van der Waals surface area contributed by atoms with Crippen molar-refractivity contribution in [2.75, 3.05) is 37.6 Å². The number of hydrogen-bond donors (Lipinski definition) is 1. The van der Waals surface area contributed by atoms with E-state index in [0.29, 0.717) is 36.8 Å². The molecule has 2 aromatic heterocycles. The first-order chi connectivity index (χ1) is 15.0. The van der Waals surface area contributed by atoms with Crippen molar-refractivity contribution in [2.24, 2.45) is 0 Å². The molecule has 0 bridgehead atoms. The summed E-state index contributed by atoms with van der Waals surface area (Å²) < 4.78 is 2.96. The molecular weight excluding hydrogens is 392 g/mol. The van der Waals surface area contributed by atoms with Crippen molar-refractivity contribution in [3.05, 3.63) is 64.7 Å². The van der Waals surface area contributed by atoms with Crippen LogP contribution in [0.5, 0.6) is 0 Å². The highest BCUT2D eigenvalue weighted by Gasteiger charge is 2.19. The van der Waals surface area contributed by atoms with E-state index in [1.165, 1.54) is 9.08 Å². The van der Waals surface area contributed by atoms with Gasteiger partial charge >= 0.3 is 5.69 Å². The molecule has 0 radical (unpaired) electrons. The fraction of sp³-hybridized carbons (Fsp3) is 0.435. The summed E-state index contributed by atoms with van der Waals surface area (Å²) in [5, 5.41) is 7.23. The molecule has 164 valence electrons. The number of amides is 1. The lowest BCUT2D eigenvalue weighted by atomic mass is 10.1. The first-order valence-electron chi connectivity index (χ1n) is 10.9. The number of nitrogens with zero attached hydrogens (tertiary/aromatic N) is 5. The van der Waals surface area contributed by atoms with Gasteiger partial charge in [-0.25, -0.2) is 9.48 Å². The van der Waals surface area contributed by atoms with E-state index in [1.807, 2.05) is 30.3 Å². The van der Waals surface area contributed by atoms with Crippen molar-refractivity contribution in [3.63, 3.8) is 0 Å². The number of nitrogens with one attached hydrogen (secondary N) is 1. The van der Waals surface area contributed by atoms with Crippen LogP contribution in [0.2, 0.25) is 0 Å². The van der Waals surface area contributed by atoms with Gasteiger partial charge in [0.2, 0.25) is 0 Å². The Bertz CT molecular complexity index is 1080. The lowest BCUT2D eigenvalue weighted by molar-refractivity contribution is 0.0952. The van der Waals surface area contributed by atoms with Crippen molar-refractivity contribution < 1.29 is 4.79 Å². The predicted molar refractivity (Wildman–Crippen MR) is 122 cm³/mol. The van der Waals surface area contributed by atoms with Crippen LogP contribution in [0.4, 0.5) is 5.69 Å². The van der Waals surface area contributed by atoms with E-state index in [1.54, 1.807) is 18.3 Å². The molecule has 8 heteroatoms. The number of anilines is 1. The maximum atomic E-state index is 12.4. The van der Waals surface area contributed by atoms with Crippen LogP contribution in [0, 0.1) is 0 Å². The summed E-state index contributed by atoms with van der Waals surface area (Å²) in [6.07, 6.45) is 2.34. The molecule has 1 amide bonds. The Morgan fingerprint density at radius 3 is 2.48 bits per heavy atom. The third-order valence-electron chi connectivity index (χ3n) is 5.86. The van der Waals surface area contributed by atoms with E-state index < -0.39 is 0 Å². The monoisotopic (exact) mass is 422 g/mol. The van der Waals surface area contributed by atoms with Crippen molar-refractivity contribution in [2.45, 2.75) is 32.9 Å². The third kappa shape index (κ3) is 4.80. The minimum absolute atomic E-state index is 0.0986. The van der Waals surface area contributed by atoms with Crippen LogP contribution in [0.15, 0.2) is 53.5 Å². The average Bonchev–Trinajstić information content (AvgIpc) is 3.12. The Hall–Kier alpha value is -3.13. The van der Waals surface area contributed by atoms with Gasteiger partial charge < -0.3 is 10.2 Å². The number of fused-ring (bicyclic) bond motifs is 1. The zero-order valence-electron chi connectivity index (χ0n) is 18.2. The van der Waals surface area contributed by atoms with Crippen molar-refractivity contribution in [1.29, 1.82) is 0 Å². The molecule has 3 heterocycles. The summed E-state index contributed by atoms with van der Waals surface area (Å²) in [4.78, 5) is 29.6. The Morgan fingerprint density at radius 1 is 1.06 bits per heavy atom. The SMILES string of the molecule is CC(C)N1CCN(c2ccc(C(=O)NCCCn3nc4ccccn4c3=O)cc2)CC1. The van der Waals surface area contributed by atoms with Crippen LogP contribution in [-0.4, -0.2) is 63.8 Å². The molecule has 0 unspecified atom stereocenters. The number of piperazine rings is 1. The summed E-state index contributed by atoms with van der Waals surface area (Å²) in [7, 11) is 0. The number of carbonyl (C=O) groups excluding carboxylic acids is 1. The Labute approximate surface area is 182 Å². The van der Waals surface area contributed by atoms with Crippen LogP contribution in [0.25, 0.3) is 5.65 Å². The Balaban J connectivity index is 1.25. The fourth-order valence-corrected chi connectivity index (χ4v) is 3.97.